The van der Waals surface area contributed by atoms with Crippen molar-refractivity contribution in [2.24, 2.45) is 0 Å². The summed E-state index contributed by atoms with van der Waals surface area (Å²) in [5.41, 5.74) is 3.94. The maximum absolute atomic E-state index is 11.6. The summed E-state index contributed by atoms with van der Waals surface area (Å²) in [7, 11) is 1.59. The summed E-state index contributed by atoms with van der Waals surface area (Å²) in [5.74, 6) is -0.147. The van der Waals surface area contributed by atoms with Crippen LogP contribution >= 0.6 is 0 Å². The lowest BCUT2D eigenvalue weighted by molar-refractivity contribution is 0.0963. The van der Waals surface area contributed by atoms with Crippen molar-refractivity contribution < 1.29 is 4.79 Å². The summed E-state index contributed by atoms with van der Waals surface area (Å²) in [6.07, 6.45) is 0. The predicted octanol–water partition coefficient (Wildman–Crippen LogP) is 2.91. The van der Waals surface area contributed by atoms with Gasteiger partial charge in [0.25, 0.3) is 5.91 Å². The highest BCUT2D eigenvalue weighted by Crippen LogP contribution is 2.28. The summed E-state index contributed by atoms with van der Waals surface area (Å²) in [6, 6.07) is 14.9. The number of hydrogen-bond donors (Lipinski definition) is 2. The number of carbonyl (C=O) groups is 1. The van der Waals surface area contributed by atoms with E-state index in [1.54, 1.807) is 31.3 Å². The van der Waals surface area contributed by atoms with E-state index in [2.05, 4.69) is 26.9 Å². The average molecular weight is 317 g/mol. The molecule has 118 valence electrons. The first-order valence-corrected chi connectivity index (χ1v) is 7.38. The zero-order valence-electron chi connectivity index (χ0n) is 13.3. The lowest BCUT2D eigenvalue weighted by Crippen LogP contribution is -2.17. The topological polar surface area (TPSA) is 90.7 Å². The molecular formula is C18H15N5O. The molecule has 0 fully saturated rings. The van der Waals surface area contributed by atoms with Crippen LogP contribution in [0.2, 0.25) is 0 Å². The van der Waals surface area contributed by atoms with Crippen molar-refractivity contribution in [2.75, 3.05) is 12.4 Å². The van der Waals surface area contributed by atoms with Crippen LogP contribution in [-0.2, 0) is 0 Å². The molecule has 1 heterocycles. The second kappa shape index (κ2) is 6.34. The fourth-order valence-corrected chi connectivity index (χ4v) is 2.42. The van der Waals surface area contributed by atoms with Crippen LogP contribution in [0.4, 0.5) is 11.4 Å². The van der Waals surface area contributed by atoms with Crippen LogP contribution < -0.4 is 10.6 Å². The van der Waals surface area contributed by atoms with Crippen LogP contribution in [0.5, 0.6) is 0 Å². The van der Waals surface area contributed by atoms with Gasteiger partial charge in [0.15, 0.2) is 5.69 Å². The molecule has 24 heavy (non-hydrogen) atoms. The molecule has 3 rings (SSSR count). The van der Waals surface area contributed by atoms with Crippen molar-refractivity contribution in [3.05, 3.63) is 59.3 Å². The summed E-state index contributed by atoms with van der Waals surface area (Å²) >= 11 is 0. The van der Waals surface area contributed by atoms with Gasteiger partial charge in [-0.15, -0.1) is 10.2 Å². The number of anilines is 2. The number of fused-ring (bicyclic) bond motifs is 1. The van der Waals surface area contributed by atoms with Crippen molar-refractivity contribution in [3.63, 3.8) is 0 Å². The van der Waals surface area contributed by atoms with E-state index in [0.29, 0.717) is 16.8 Å². The number of nitrogens with one attached hydrogen (secondary N) is 2. The zero-order valence-corrected chi connectivity index (χ0v) is 13.3. The van der Waals surface area contributed by atoms with Gasteiger partial charge in [-0.1, -0.05) is 11.6 Å². The van der Waals surface area contributed by atoms with Gasteiger partial charge >= 0.3 is 0 Å². The Morgan fingerprint density at radius 1 is 1.12 bits per heavy atom. The average Bonchev–Trinajstić information content (AvgIpc) is 2.62. The molecule has 0 atom stereocenters. The molecule has 0 radical (unpaired) electrons. The van der Waals surface area contributed by atoms with Gasteiger partial charge < -0.3 is 10.6 Å². The molecule has 0 bridgehead atoms. The Hall–Kier alpha value is -3.46. The lowest BCUT2D eigenvalue weighted by Gasteiger charge is -2.11. The monoisotopic (exact) mass is 317 g/mol. The minimum atomic E-state index is -0.147. The molecular weight excluding hydrogens is 302 g/mol. The van der Waals surface area contributed by atoms with E-state index in [4.69, 9.17) is 0 Å². The summed E-state index contributed by atoms with van der Waals surface area (Å²) in [6.45, 7) is 1.98. The first kappa shape index (κ1) is 15.4. The molecule has 3 aromatic rings. The molecule has 1 amide bonds. The fraction of sp³-hybridized carbons (Fsp3) is 0.111. The first-order valence-electron chi connectivity index (χ1n) is 7.38. The van der Waals surface area contributed by atoms with E-state index in [-0.39, 0.29) is 11.6 Å². The van der Waals surface area contributed by atoms with E-state index >= 15 is 0 Å². The number of aryl methyl sites for hydroxylation is 1. The molecule has 0 spiro atoms. The number of nitriles is 1. The third-order valence-corrected chi connectivity index (χ3v) is 3.67. The van der Waals surface area contributed by atoms with E-state index in [1.807, 2.05) is 25.1 Å². The molecule has 0 unspecified atom stereocenters. The zero-order chi connectivity index (χ0) is 17.1. The Kier molecular flexibility index (Phi) is 4.08. The van der Waals surface area contributed by atoms with Gasteiger partial charge in [0, 0.05) is 23.7 Å². The Morgan fingerprint density at radius 2 is 1.88 bits per heavy atom. The summed E-state index contributed by atoms with van der Waals surface area (Å²) in [5, 5.41) is 24.0. The number of benzene rings is 2. The molecule has 6 heteroatoms. The molecule has 1 aromatic heterocycles. The van der Waals surface area contributed by atoms with Gasteiger partial charge in [-0.2, -0.15) is 5.26 Å². The third kappa shape index (κ3) is 2.88. The molecule has 2 N–H and O–H groups in total. The molecule has 0 aliphatic carbocycles. The Bertz CT molecular complexity index is 958. The number of rotatable bonds is 3. The normalized spacial score (nSPS) is 10.2. The van der Waals surface area contributed by atoms with Crippen molar-refractivity contribution in [2.45, 2.75) is 6.92 Å². The van der Waals surface area contributed by atoms with Crippen LogP contribution in [0.1, 0.15) is 21.6 Å². The Balaban J connectivity index is 2.04. The van der Waals surface area contributed by atoms with Gasteiger partial charge in [0.05, 0.1) is 11.2 Å². The highest BCUT2D eigenvalue weighted by molar-refractivity contribution is 5.96. The van der Waals surface area contributed by atoms with Gasteiger partial charge in [0.1, 0.15) is 6.07 Å². The third-order valence-electron chi connectivity index (χ3n) is 3.67. The minimum absolute atomic E-state index is 0.147. The van der Waals surface area contributed by atoms with Gasteiger partial charge in [0.2, 0.25) is 0 Å². The van der Waals surface area contributed by atoms with Crippen LogP contribution in [0, 0.1) is 18.3 Å². The van der Waals surface area contributed by atoms with Crippen LogP contribution in [-0.4, -0.2) is 23.2 Å². The van der Waals surface area contributed by atoms with E-state index in [1.165, 1.54) is 0 Å². The Labute approximate surface area is 139 Å². The molecule has 6 nitrogen and oxygen atoms in total. The SMILES string of the molecule is CNC(=O)c1ccc(Nc2c(C#N)nnc3ccc(C)cc23)cc1. The number of nitrogens with zero attached hydrogens (tertiary/aromatic N) is 3. The minimum Gasteiger partial charge on any atom is -0.355 e. The van der Waals surface area contributed by atoms with Crippen LogP contribution in [0.15, 0.2) is 42.5 Å². The highest BCUT2D eigenvalue weighted by Gasteiger charge is 2.11. The standard InChI is InChI=1S/C18H15N5O/c1-11-3-8-15-14(9-11)17(16(10-19)23-22-15)21-13-6-4-12(5-7-13)18(24)20-2/h3-9H,1-2H3,(H,20,24)(H,21,22). The largest absolute Gasteiger partial charge is 0.355 e. The second-order valence-electron chi connectivity index (χ2n) is 5.34. The fourth-order valence-electron chi connectivity index (χ4n) is 2.42. The molecule has 0 aliphatic heterocycles. The number of amides is 1. The van der Waals surface area contributed by atoms with Crippen LogP contribution in [0.25, 0.3) is 10.9 Å². The number of hydrogen-bond acceptors (Lipinski definition) is 5. The van der Waals surface area contributed by atoms with Gasteiger partial charge in [-0.3, -0.25) is 4.79 Å². The van der Waals surface area contributed by atoms with Gasteiger partial charge in [-0.25, -0.2) is 0 Å². The maximum atomic E-state index is 11.6. The number of carbonyl (C=O) groups excluding carboxylic acids is 1. The molecule has 2 aromatic carbocycles. The van der Waals surface area contributed by atoms with Crippen molar-refractivity contribution in [3.8, 4) is 6.07 Å². The molecule has 0 aliphatic rings. The quantitative estimate of drug-likeness (QED) is 0.775. The van der Waals surface area contributed by atoms with E-state index < -0.39 is 0 Å². The van der Waals surface area contributed by atoms with Crippen molar-refractivity contribution in [1.29, 1.82) is 5.26 Å². The van der Waals surface area contributed by atoms with E-state index in [0.717, 1.165) is 16.6 Å². The predicted molar refractivity (Wildman–Crippen MR) is 92.1 cm³/mol. The maximum Gasteiger partial charge on any atom is 0.251 e. The summed E-state index contributed by atoms with van der Waals surface area (Å²) < 4.78 is 0. The second-order valence-corrected chi connectivity index (χ2v) is 5.34. The Morgan fingerprint density at radius 3 is 2.54 bits per heavy atom. The lowest BCUT2D eigenvalue weighted by atomic mass is 10.1. The van der Waals surface area contributed by atoms with E-state index in [9.17, 15) is 10.1 Å². The molecule has 0 saturated heterocycles. The number of aromatic nitrogens is 2. The highest BCUT2D eigenvalue weighted by atomic mass is 16.1. The van der Waals surface area contributed by atoms with Crippen LogP contribution in [0.3, 0.4) is 0 Å². The van der Waals surface area contributed by atoms with Gasteiger partial charge in [-0.05, 0) is 43.3 Å². The smallest absolute Gasteiger partial charge is 0.251 e. The first-order chi connectivity index (χ1) is 11.6. The summed E-state index contributed by atoms with van der Waals surface area (Å²) in [4.78, 5) is 11.6. The van der Waals surface area contributed by atoms with Crippen molar-refractivity contribution in [1.82, 2.24) is 15.5 Å². The molecule has 0 saturated carbocycles. The van der Waals surface area contributed by atoms with Crippen molar-refractivity contribution >= 4 is 28.2 Å².